The summed E-state index contributed by atoms with van der Waals surface area (Å²) in [4.78, 5) is 36.6. The summed E-state index contributed by atoms with van der Waals surface area (Å²) in [5.74, 6) is 0.949. The van der Waals surface area contributed by atoms with Crippen LogP contribution < -0.4 is 19.9 Å². The van der Waals surface area contributed by atoms with Crippen LogP contribution >= 0.6 is 0 Å². The summed E-state index contributed by atoms with van der Waals surface area (Å²) in [5.41, 5.74) is 1.87. The number of esters is 1. The van der Waals surface area contributed by atoms with Gasteiger partial charge in [-0.15, -0.1) is 0 Å². The molecule has 46 heavy (non-hydrogen) atoms. The number of piperidine rings is 2. The zero-order chi connectivity index (χ0) is 32.3. The number of urea groups is 1. The van der Waals surface area contributed by atoms with Crippen molar-refractivity contribution in [3.8, 4) is 5.75 Å². The van der Waals surface area contributed by atoms with E-state index in [1.807, 2.05) is 26.0 Å². The number of aliphatic imine (C=N–C) groups is 1. The van der Waals surface area contributed by atoms with Crippen molar-refractivity contribution in [3.63, 3.8) is 0 Å². The van der Waals surface area contributed by atoms with Crippen LogP contribution in [-0.4, -0.2) is 72.7 Å². The lowest BCUT2D eigenvalue weighted by Crippen LogP contribution is -2.62. The van der Waals surface area contributed by atoms with Gasteiger partial charge in [-0.05, 0) is 75.4 Å². The zero-order valence-corrected chi connectivity index (χ0v) is 27.5. The lowest BCUT2D eigenvalue weighted by atomic mass is 9.83. The summed E-state index contributed by atoms with van der Waals surface area (Å²) >= 11 is 0. The molecule has 0 aromatic heterocycles. The van der Waals surface area contributed by atoms with E-state index in [4.69, 9.17) is 9.47 Å². The molecule has 1 spiro atoms. The minimum absolute atomic E-state index is 0.110. The van der Waals surface area contributed by atoms with Gasteiger partial charge in [0.1, 0.15) is 29.0 Å². The number of carbonyl (C=O) groups is 2. The molecule has 1 saturated carbocycles. The average molecular weight is 634 g/mol. The third-order valence-electron chi connectivity index (χ3n) is 9.87. The Bertz CT molecular complexity index is 1430. The topological polar surface area (TPSA) is 86.7 Å². The van der Waals surface area contributed by atoms with Gasteiger partial charge in [-0.2, -0.15) is 4.99 Å². The van der Waals surface area contributed by atoms with E-state index >= 15 is 4.39 Å². The van der Waals surface area contributed by atoms with E-state index < -0.39 is 5.54 Å². The average Bonchev–Trinajstić information content (AvgIpc) is 3.28. The fourth-order valence-corrected chi connectivity index (χ4v) is 7.66. The number of rotatable bonds is 8. The maximum absolute atomic E-state index is 15.1. The first-order valence-corrected chi connectivity index (χ1v) is 17.1. The number of amides is 2. The van der Waals surface area contributed by atoms with Crippen molar-refractivity contribution in [2.75, 3.05) is 36.0 Å². The molecular weight excluding hydrogens is 585 g/mol. The van der Waals surface area contributed by atoms with Crippen LogP contribution in [0.15, 0.2) is 47.5 Å². The Labute approximate surface area is 272 Å². The van der Waals surface area contributed by atoms with Crippen LogP contribution in [0.2, 0.25) is 0 Å². The van der Waals surface area contributed by atoms with Gasteiger partial charge in [0.05, 0.1) is 17.5 Å². The number of ether oxygens (including phenoxy) is 2. The van der Waals surface area contributed by atoms with Gasteiger partial charge in [-0.3, -0.25) is 14.6 Å². The van der Waals surface area contributed by atoms with Crippen LogP contribution in [0, 0.1) is 5.82 Å². The Hall–Kier alpha value is -3.66. The quantitative estimate of drug-likeness (QED) is 0.335. The largest absolute Gasteiger partial charge is 0.491 e. The second-order valence-corrected chi connectivity index (χ2v) is 13.6. The summed E-state index contributed by atoms with van der Waals surface area (Å²) in [6.07, 6.45) is 8.40. The molecule has 3 heterocycles. The monoisotopic (exact) mass is 633 g/mol. The highest BCUT2D eigenvalue weighted by Gasteiger charge is 2.53. The number of halogens is 1. The van der Waals surface area contributed by atoms with E-state index in [0.29, 0.717) is 44.5 Å². The molecule has 2 aromatic rings. The zero-order valence-electron chi connectivity index (χ0n) is 27.5. The third kappa shape index (κ3) is 7.17. The maximum Gasteiger partial charge on any atom is 0.350 e. The minimum Gasteiger partial charge on any atom is -0.491 e. The number of hydrogen-bond donors (Lipinski definition) is 1. The van der Waals surface area contributed by atoms with Crippen LogP contribution in [-0.2, 0) is 16.1 Å². The molecule has 4 aliphatic rings. The highest BCUT2D eigenvalue weighted by molar-refractivity contribution is 6.17. The number of amidine groups is 1. The lowest BCUT2D eigenvalue weighted by Gasteiger charge is -2.47. The maximum atomic E-state index is 15.1. The molecule has 0 radical (unpaired) electrons. The van der Waals surface area contributed by atoms with Crippen molar-refractivity contribution in [2.45, 2.75) is 109 Å². The molecule has 3 fully saturated rings. The van der Waals surface area contributed by atoms with Crippen molar-refractivity contribution in [1.82, 2.24) is 10.2 Å². The number of carbonyl (C=O) groups excluding carboxylic acids is 2. The van der Waals surface area contributed by atoms with E-state index in [1.54, 1.807) is 11.0 Å². The van der Waals surface area contributed by atoms with E-state index in [2.05, 4.69) is 32.2 Å². The van der Waals surface area contributed by atoms with Gasteiger partial charge in [0, 0.05) is 58.5 Å². The first-order valence-electron chi connectivity index (χ1n) is 17.1. The first kappa shape index (κ1) is 32.3. The normalized spacial score (nSPS) is 21.2. The number of nitrogens with one attached hydrogen (secondary N) is 1. The lowest BCUT2D eigenvalue weighted by molar-refractivity contribution is -0.147. The molecule has 0 bridgehead atoms. The van der Waals surface area contributed by atoms with Crippen LogP contribution in [0.4, 0.5) is 20.6 Å². The standard InChI is InChI=1S/C36H48FN5O4/c1-25(2)45-31-11-7-8-27(22-31)24-40-20-16-36(17-21-40)34(38-29-9-5-4-6-10-29)39-35(44)42(36)33-23-28(37)12-13-32(33)41-18-14-30(15-19-41)46-26(3)43/h7-8,11-13,22-23,25,29-30H,4-6,9-10,14-21,24H2,1-3H3,(H,38,39,44). The molecule has 1 N–H and O–H groups in total. The SMILES string of the molecule is CC(=O)OC1CCN(c2ccc(F)cc2N2C(=O)N=C(NC3CCCCC3)C23CCN(Cc2cccc(OC(C)C)c2)CC3)CC1. The summed E-state index contributed by atoms with van der Waals surface area (Å²) < 4.78 is 26.5. The summed E-state index contributed by atoms with van der Waals surface area (Å²) in [5, 5.41) is 3.73. The van der Waals surface area contributed by atoms with Crippen molar-refractivity contribution < 1.29 is 23.5 Å². The fourth-order valence-electron chi connectivity index (χ4n) is 7.66. The molecule has 248 valence electrons. The molecule has 0 unspecified atom stereocenters. The fraction of sp³-hybridized carbons (Fsp3) is 0.583. The van der Waals surface area contributed by atoms with Crippen molar-refractivity contribution >= 4 is 29.2 Å². The second-order valence-electron chi connectivity index (χ2n) is 13.6. The molecule has 2 aromatic carbocycles. The van der Waals surface area contributed by atoms with Crippen LogP contribution in [0.3, 0.4) is 0 Å². The second kappa shape index (κ2) is 14.0. The van der Waals surface area contributed by atoms with Gasteiger partial charge in [0.25, 0.3) is 0 Å². The highest BCUT2D eigenvalue weighted by Crippen LogP contribution is 2.44. The molecular formula is C36H48FN5O4. The van der Waals surface area contributed by atoms with Crippen molar-refractivity contribution in [2.24, 2.45) is 4.99 Å². The van der Waals surface area contributed by atoms with Crippen LogP contribution in [0.25, 0.3) is 0 Å². The van der Waals surface area contributed by atoms with Gasteiger partial charge in [-0.25, -0.2) is 9.18 Å². The van der Waals surface area contributed by atoms with Gasteiger partial charge >= 0.3 is 12.0 Å². The van der Waals surface area contributed by atoms with E-state index in [0.717, 1.165) is 49.7 Å². The molecule has 6 rings (SSSR count). The summed E-state index contributed by atoms with van der Waals surface area (Å²) in [7, 11) is 0. The van der Waals surface area contributed by atoms with E-state index in [1.165, 1.54) is 43.9 Å². The first-order chi connectivity index (χ1) is 22.2. The Kier molecular flexibility index (Phi) is 9.82. The van der Waals surface area contributed by atoms with Gasteiger partial charge < -0.3 is 19.7 Å². The number of anilines is 2. The molecule has 2 saturated heterocycles. The Morgan fingerprint density at radius 3 is 2.43 bits per heavy atom. The van der Waals surface area contributed by atoms with Crippen molar-refractivity contribution in [1.29, 1.82) is 0 Å². The van der Waals surface area contributed by atoms with Crippen LogP contribution in [0.5, 0.6) is 5.75 Å². The molecule has 2 amide bonds. The number of hydrogen-bond acceptors (Lipinski definition) is 7. The highest BCUT2D eigenvalue weighted by atomic mass is 19.1. The van der Waals surface area contributed by atoms with Crippen LogP contribution in [0.1, 0.15) is 84.1 Å². The smallest absolute Gasteiger partial charge is 0.350 e. The molecule has 3 aliphatic heterocycles. The molecule has 10 heteroatoms. The Morgan fingerprint density at radius 1 is 1.00 bits per heavy atom. The molecule has 0 atom stereocenters. The third-order valence-corrected chi connectivity index (χ3v) is 9.87. The van der Waals surface area contributed by atoms with E-state index in [9.17, 15) is 9.59 Å². The predicted octanol–water partition coefficient (Wildman–Crippen LogP) is 6.44. The molecule has 9 nitrogen and oxygen atoms in total. The summed E-state index contributed by atoms with van der Waals surface area (Å²) in [6, 6.07) is 13.0. The van der Waals surface area contributed by atoms with Gasteiger partial charge in [-0.1, -0.05) is 31.4 Å². The predicted molar refractivity (Wildman–Crippen MR) is 178 cm³/mol. The van der Waals surface area contributed by atoms with E-state index in [-0.39, 0.29) is 36.1 Å². The van der Waals surface area contributed by atoms with Gasteiger partial charge in [0.15, 0.2) is 0 Å². The number of likely N-dealkylation sites (tertiary alicyclic amines) is 1. The van der Waals surface area contributed by atoms with Gasteiger partial charge in [0.2, 0.25) is 0 Å². The summed E-state index contributed by atoms with van der Waals surface area (Å²) in [6.45, 7) is 9.10. The minimum atomic E-state index is -0.688. The number of benzene rings is 2. The van der Waals surface area contributed by atoms with Crippen molar-refractivity contribution in [3.05, 3.63) is 53.8 Å². The number of nitrogens with zero attached hydrogens (tertiary/aromatic N) is 4. The molecule has 1 aliphatic carbocycles. The Balaban J connectivity index is 1.26. The Morgan fingerprint density at radius 2 is 1.74 bits per heavy atom.